The molecule has 1 amide bonds. The van der Waals surface area contributed by atoms with Crippen molar-refractivity contribution in [3.05, 3.63) is 54.1 Å². The number of ether oxygens (including phenoxy) is 2. The summed E-state index contributed by atoms with van der Waals surface area (Å²) in [6.07, 6.45) is 1.24. The average Bonchev–Trinajstić information content (AvgIpc) is 2.59. The molecule has 0 saturated carbocycles. The quantitative estimate of drug-likeness (QED) is 0.808. The monoisotopic (exact) mass is 327 g/mol. The molecule has 1 N–H and O–H groups in total. The zero-order chi connectivity index (χ0) is 17.4. The molecule has 2 aromatic carbocycles. The van der Waals surface area contributed by atoms with Crippen molar-refractivity contribution in [3.63, 3.8) is 0 Å². The van der Waals surface area contributed by atoms with Crippen molar-refractivity contribution >= 4 is 17.4 Å². The Morgan fingerprint density at radius 1 is 1.04 bits per heavy atom. The molecular formula is C19H21NO4. The molecule has 0 atom stereocenters. The van der Waals surface area contributed by atoms with E-state index in [2.05, 4.69) is 5.32 Å². The van der Waals surface area contributed by atoms with E-state index in [4.69, 9.17) is 9.47 Å². The fourth-order valence-electron chi connectivity index (χ4n) is 2.16. The smallest absolute Gasteiger partial charge is 0.262 e. The number of methoxy groups -OCH3 is 1. The number of Topliss-reactive ketones (excluding diaryl/α,β-unsaturated/α-hetero) is 1. The number of carbonyl (C=O) groups excluding carboxylic acids is 2. The van der Waals surface area contributed by atoms with Crippen LogP contribution in [-0.2, 0) is 16.0 Å². The Morgan fingerprint density at radius 3 is 2.42 bits per heavy atom. The lowest BCUT2D eigenvalue weighted by Crippen LogP contribution is -2.20. The molecule has 0 radical (unpaired) electrons. The number of rotatable bonds is 8. The van der Waals surface area contributed by atoms with Crippen LogP contribution in [0.15, 0.2) is 48.5 Å². The Labute approximate surface area is 141 Å². The van der Waals surface area contributed by atoms with Crippen molar-refractivity contribution in [3.8, 4) is 11.5 Å². The van der Waals surface area contributed by atoms with Crippen LogP contribution < -0.4 is 14.8 Å². The van der Waals surface area contributed by atoms with E-state index >= 15 is 0 Å². The molecule has 5 nitrogen and oxygen atoms in total. The van der Waals surface area contributed by atoms with Gasteiger partial charge in [-0.1, -0.05) is 24.3 Å². The number of benzene rings is 2. The second kappa shape index (κ2) is 8.72. The van der Waals surface area contributed by atoms with Crippen LogP contribution in [0.4, 0.5) is 5.69 Å². The Kier molecular flexibility index (Phi) is 6.37. The summed E-state index contributed by atoms with van der Waals surface area (Å²) in [5, 5.41) is 2.75. The Hall–Kier alpha value is -2.82. The topological polar surface area (TPSA) is 64.6 Å². The van der Waals surface area contributed by atoms with Gasteiger partial charge in [-0.3, -0.25) is 4.79 Å². The Morgan fingerprint density at radius 2 is 1.75 bits per heavy atom. The maximum Gasteiger partial charge on any atom is 0.262 e. The van der Waals surface area contributed by atoms with Gasteiger partial charge in [-0.05, 0) is 43.2 Å². The van der Waals surface area contributed by atoms with Gasteiger partial charge in [0.25, 0.3) is 5.91 Å². The fraction of sp³-hybridized carbons (Fsp3) is 0.263. The van der Waals surface area contributed by atoms with E-state index < -0.39 is 0 Å². The SMILES string of the molecule is COc1ccccc1NC(=O)COc1ccc(CCC(C)=O)cc1. The number of hydrogen-bond donors (Lipinski definition) is 1. The third-order valence-electron chi connectivity index (χ3n) is 3.44. The zero-order valence-electron chi connectivity index (χ0n) is 13.9. The van der Waals surface area contributed by atoms with Gasteiger partial charge < -0.3 is 19.6 Å². The first-order valence-corrected chi connectivity index (χ1v) is 7.72. The summed E-state index contributed by atoms with van der Waals surface area (Å²) in [5.41, 5.74) is 1.67. The number of hydrogen-bond acceptors (Lipinski definition) is 4. The van der Waals surface area contributed by atoms with Crippen molar-refractivity contribution in [2.45, 2.75) is 19.8 Å². The van der Waals surface area contributed by atoms with Crippen LogP contribution in [0, 0.1) is 0 Å². The highest BCUT2D eigenvalue weighted by atomic mass is 16.5. The van der Waals surface area contributed by atoms with Gasteiger partial charge in [0.1, 0.15) is 17.3 Å². The summed E-state index contributed by atoms with van der Waals surface area (Å²) < 4.78 is 10.7. The first kappa shape index (κ1) is 17.5. The molecule has 0 unspecified atom stereocenters. The van der Waals surface area contributed by atoms with Crippen LogP contribution in [0.2, 0.25) is 0 Å². The molecule has 0 aliphatic heterocycles. The first-order chi connectivity index (χ1) is 11.6. The highest BCUT2D eigenvalue weighted by Crippen LogP contribution is 2.23. The molecule has 0 aromatic heterocycles. The fourth-order valence-corrected chi connectivity index (χ4v) is 2.16. The van der Waals surface area contributed by atoms with Gasteiger partial charge in [0, 0.05) is 6.42 Å². The molecule has 126 valence electrons. The number of aryl methyl sites for hydroxylation is 1. The van der Waals surface area contributed by atoms with Crippen LogP contribution in [0.25, 0.3) is 0 Å². The lowest BCUT2D eigenvalue weighted by atomic mass is 10.1. The summed E-state index contributed by atoms with van der Waals surface area (Å²) in [6.45, 7) is 1.49. The van der Waals surface area contributed by atoms with Gasteiger partial charge in [-0.25, -0.2) is 0 Å². The van der Waals surface area contributed by atoms with Crippen molar-refractivity contribution in [2.75, 3.05) is 19.0 Å². The highest BCUT2D eigenvalue weighted by Gasteiger charge is 2.07. The minimum Gasteiger partial charge on any atom is -0.495 e. The van der Waals surface area contributed by atoms with Gasteiger partial charge >= 0.3 is 0 Å². The molecule has 24 heavy (non-hydrogen) atoms. The maximum absolute atomic E-state index is 12.0. The van der Waals surface area contributed by atoms with E-state index in [-0.39, 0.29) is 18.3 Å². The number of nitrogens with one attached hydrogen (secondary N) is 1. The van der Waals surface area contributed by atoms with Gasteiger partial charge in [0.2, 0.25) is 0 Å². The first-order valence-electron chi connectivity index (χ1n) is 7.72. The van der Waals surface area contributed by atoms with Crippen molar-refractivity contribution < 1.29 is 19.1 Å². The summed E-state index contributed by atoms with van der Waals surface area (Å²) >= 11 is 0. The molecule has 0 aliphatic carbocycles. The van der Waals surface area contributed by atoms with Crippen LogP contribution in [-0.4, -0.2) is 25.4 Å². The second-order valence-electron chi connectivity index (χ2n) is 5.38. The standard InChI is InChI=1S/C19H21NO4/c1-14(21)7-8-15-9-11-16(12-10-15)24-13-19(22)20-17-5-3-4-6-18(17)23-2/h3-6,9-12H,7-8,13H2,1-2H3,(H,20,22). The third kappa shape index (κ3) is 5.43. The van der Waals surface area contributed by atoms with E-state index in [1.165, 1.54) is 0 Å². The summed E-state index contributed by atoms with van der Waals surface area (Å²) in [6, 6.07) is 14.6. The van der Waals surface area contributed by atoms with Gasteiger partial charge in [0.05, 0.1) is 12.8 Å². The van der Waals surface area contributed by atoms with Gasteiger partial charge in [0.15, 0.2) is 6.61 Å². The predicted molar refractivity (Wildman–Crippen MR) is 92.6 cm³/mol. The van der Waals surface area contributed by atoms with Crippen LogP contribution in [0.1, 0.15) is 18.9 Å². The summed E-state index contributed by atoms with van der Waals surface area (Å²) in [5.74, 6) is 1.11. The molecule has 5 heteroatoms. The van der Waals surface area contributed by atoms with Crippen molar-refractivity contribution in [2.24, 2.45) is 0 Å². The van der Waals surface area contributed by atoms with Crippen molar-refractivity contribution in [1.29, 1.82) is 0 Å². The van der Waals surface area contributed by atoms with E-state index in [0.29, 0.717) is 30.0 Å². The molecule has 2 rings (SSSR count). The minimum absolute atomic E-state index is 0.0924. The normalized spacial score (nSPS) is 10.1. The molecular weight excluding hydrogens is 306 g/mol. The average molecular weight is 327 g/mol. The van der Waals surface area contributed by atoms with Crippen LogP contribution >= 0.6 is 0 Å². The zero-order valence-corrected chi connectivity index (χ0v) is 13.9. The van der Waals surface area contributed by atoms with Gasteiger partial charge in [-0.15, -0.1) is 0 Å². The molecule has 0 fully saturated rings. The number of anilines is 1. The van der Waals surface area contributed by atoms with E-state index in [1.54, 1.807) is 38.3 Å². The molecule has 0 aliphatic rings. The second-order valence-corrected chi connectivity index (χ2v) is 5.38. The lowest BCUT2D eigenvalue weighted by Gasteiger charge is -2.11. The molecule has 0 heterocycles. The number of para-hydroxylation sites is 2. The highest BCUT2D eigenvalue weighted by molar-refractivity contribution is 5.93. The number of carbonyl (C=O) groups is 2. The number of amides is 1. The van der Waals surface area contributed by atoms with E-state index in [1.807, 2.05) is 24.3 Å². The van der Waals surface area contributed by atoms with Crippen molar-refractivity contribution in [1.82, 2.24) is 0 Å². The lowest BCUT2D eigenvalue weighted by molar-refractivity contribution is -0.118. The maximum atomic E-state index is 12.0. The predicted octanol–water partition coefficient (Wildman–Crippen LogP) is 3.23. The Balaban J connectivity index is 1.84. The van der Waals surface area contributed by atoms with E-state index in [0.717, 1.165) is 5.56 Å². The van der Waals surface area contributed by atoms with Crippen LogP contribution in [0.5, 0.6) is 11.5 Å². The van der Waals surface area contributed by atoms with Gasteiger partial charge in [-0.2, -0.15) is 0 Å². The number of ketones is 1. The molecule has 0 spiro atoms. The minimum atomic E-state index is -0.264. The van der Waals surface area contributed by atoms with Crippen LogP contribution in [0.3, 0.4) is 0 Å². The largest absolute Gasteiger partial charge is 0.495 e. The summed E-state index contributed by atoms with van der Waals surface area (Å²) in [7, 11) is 1.55. The molecule has 0 bridgehead atoms. The third-order valence-corrected chi connectivity index (χ3v) is 3.44. The summed E-state index contributed by atoms with van der Waals surface area (Å²) in [4.78, 5) is 22.9. The molecule has 0 saturated heterocycles. The Bertz CT molecular complexity index is 695. The van der Waals surface area contributed by atoms with E-state index in [9.17, 15) is 9.59 Å². The molecule has 2 aromatic rings.